The lowest BCUT2D eigenvalue weighted by atomic mass is 9.78. The molecule has 2 rings (SSSR count). The summed E-state index contributed by atoms with van der Waals surface area (Å²) >= 11 is 5.13. The summed E-state index contributed by atoms with van der Waals surface area (Å²) in [6, 6.07) is 0. The third-order valence-corrected chi connectivity index (χ3v) is 3.99. The Morgan fingerprint density at radius 1 is 1.55 bits per heavy atom. The van der Waals surface area contributed by atoms with Crippen molar-refractivity contribution in [3.05, 3.63) is 11.6 Å². The molecule has 110 valence electrons. The molecular weight excluding hydrogens is 278 g/mol. The van der Waals surface area contributed by atoms with E-state index in [2.05, 4.69) is 15.2 Å². The van der Waals surface area contributed by atoms with Gasteiger partial charge >= 0.3 is 0 Å². The molecule has 0 spiro atoms. The largest absolute Gasteiger partial charge is 0.392 e. The van der Waals surface area contributed by atoms with E-state index in [9.17, 15) is 4.79 Å². The van der Waals surface area contributed by atoms with Gasteiger partial charge in [0.05, 0.1) is 11.5 Å². The van der Waals surface area contributed by atoms with E-state index in [4.69, 9.17) is 22.7 Å². The Balaban J connectivity index is 2.12. The number of thiocarbonyl (C=S) groups is 1. The van der Waals surface area contributed by atoms with Crippen molar-refractivity contribution in [1.29, 1.82) is 0 Å². The van der Waals surface area contributed by atoms with E-state index in [1.807, 2.05) is 6.92 Å². The summed E-state index contributed by atoms with van der Waals surface area (Å²) in [6.07, 6.45) is 1.05. The van der Waals surface area contributed by atoms with Gasteiger partial charge in [0.1, 0.15) is 11.2 Å². The van der Waals surface area contributed by atoms with E-state index >= 15 is 0 Å². The number of aromatic nitrogens is 3. The van der Waals surface area contributed by atoms with Crippen molar-refractivity contribution in [2.45, 2.75) is 26.3 Å². The van der Waals surface area contributed by atoms with Gasteiger partial charge in [-0.05, 0) is 19.8 Å². The molecule has 1 fully saturated rings. The number of carbonyl (C=O) groups is 1. The highest BCUT2D eigenvalue weighted by Crippen LogP contribution is 2.33. The predicted octanol–water partition coefficient (Wildman–Crippen LogP) is 0.154. The van der Waals surface area contributed by atoms with Crippen LogP contribution in [-0.2, 0) is 16.1 Å². The Labute approximate surface area is 122 Å². The summed E-state index contributed by atoms with van der Waals surface area (Å²) in [5, 5.41) is 6.79. The molecule has 0 saturated carbocycles. The number of nitrogens with zero attached hydrogens (tertiary/aromatic N) is 3. The Bertz CT molecular complexity index is 510. The molecule has 0 atom stereocenters. The van der Waals surface area contributed by atoms with E-state index in [0.717, 1.165) is 5.82 Å². The van der Waals surface area contributed by atoms with Crippen molar-refractivity contribution in [3.8, 4) is 0 Å². The van der Waals surface area contributed by atoms with Gasteiger partial charge < -0.3 is 15.4 Å². The molecule has 0 aromatic carbocycles. The first kappa shape index (κ1) is 14.9. The molecule has 1 aromatic rings. The van der Waals surface area contributed by atoms with E-state index in [1.54, 1.807) is 11.9 Å². The van der Waals surface area contributed by atoms with Crippen LogP contribution in [0.5, 0.6) is 0 Å². The van der Waals surface area contributed by atoms with Gasteiger partial charge in [0.2, 0.25) is 5.91 Å². The Kier molecular flexibility index (Phi) is 4.34. The molecule has 1 saturated heterocycles. The van der Waals surface area contributed by atoms with Gasteiger partial charge in [-0.1, -0.05) is 12.2 Å². The van der Waals surface area contributed by atoms with Crippen LogP contribution in [0, 0.1) is 12.3 Å². The predicted molar refractivity (Wildman–Crippen MR) is 76.9 cm³/mol. The number of nitrogens with one attached hydrogen (secondary N) is 1. The lowest BCUT2D eigenvalue weighted by Crippen LogP contribution is -2.52. The van der Waals surface area contributed by atoms with Crippen LogP contribution in [0.15, 0.2) is 0 Å². The van der Waals surface area contributed by atoms with Crippen molar-refractivity contribution in [2.75, 3.05) is 20.3 Å². The average molecular weight is 297 g/mol. The zero-order valence-corrected chi connectivity index (χ0v) is 12.5. The minimum atomic E-state index is -0.798. The summed E-state index contributed by atoms with van der Waals surface area (Å²) in [5.74, 6) is 1.20. The lowest BCUT2D eigenvalue weighted by Gasteiger charge is -2.37. The maximum Gasteiger partial charge on any atom is 0.235 e. The van der Waals surface area contributed by atoms with Crippen LogP contribution in [-0.4, -0.2) is 51.2 Å². The maximum absolute atomic E-state index is 12.7. The fourth-order valence-corrected chi connectivity index (χ4v) is 2.69. The van der Waals surface area contributed by atoms with Crippen LogP contribution in [0.1, 0.15) is 24.5 Å². The minimum Gasteiger partial charge on any atom is -0.392 e. The monoisotopic (exact) mass is 297 g/mol. The number of aromatic amines is 1. The molecule has 20 heavy (non-hydrogen) atoms. The van der Waals surface area contributed by atoms with Crippen molar-refractivity contribution in [2.24, 2.45) is 11.1 Å². The first-order valence-corrected chi connectivity index (χ1v) is 6.87. The van der Waals surface area contributed by atoms with E-state index in [-0.39, 0.29) is 10.9 Å². The third-order valence-electron chi connectivity index (χ3n) is 3.60. The van der Waals surface area contributed by atoms with Gasteiger partial charge in [-0.3, -0.25) is 9.89 Å². The van der Waals surface area contributed by atoms with Gasteiger partial charge in [0.25, 0.3) is 0 Å². The summed E-state index contributed by atoms with van der Waals surface area (Å²) < 4.78 is 5.31. The van der Waals surface area contributed by atoms with Crippen LogP contribution in [0.2, 0.25) is 0 Å². The van der Waals surface area contributed by atoms with Crippen molar-refractivity contribution >= 4 is 23.1 Å². The number of hydrogen-bond donors (Lipinski definition) is 2. The Morgan fingerprint density at radius 2 is 2.20 bits per heavy atom. The first-order chi connectivity index (χ1) is 9.45. The molecule has 8 heteroatoms. The van der Waals surface area contributed by atoms with Gasteiger partial charge in [0, 0.05) is 20.3 Å². The molecule has 1 amide bonds. The highest BCUT2D eigenvalue weighted by molar-refractivity contribution is 7.80. The number of ether oxygens (including phenoxy) is 1. The number of aryl methyl sites for hydroxylation is 1. The first-order valence-electron chi connectivity index (χ1n) is 6.47. The zero-order chi connectivity index (χ0) is 14.8. The van der Waals surface area contributed by atoms with E-state index in [1.165, 1.54) is 0 Å². The fraction of sp³-hybridized carbons (Fsp3) is 0.667. The number of hydrogen-bond acceptors (Lipinski definition) is 5. The maximum atomic E-state index is 12.7. The van der Waals surface area contributed by atoms with Crippen LogP contribution in [0.25, 0.3) is 0 Å². The third kappa shape index (κ3) is 2.80. The summed E-state index contributed by atoms with van der Waals surface area (Å²) in [7, 11) is 1.71. The molecule has 0 radical (unpaired) electrons. The molecule has 1 aliphatic heterocycles. The molecule has 0 unspecified atom stereocenters. The van der Waals surface area contributed by atoms with Gasteiger partial charge in [-0.15, -0.1) is 0 Å². The lowest BCUT2D eigenvalue weighted by molar-refractivity contribution is -0.141. The Hall–Kier alpha value is -1.54. The number of amides is 1. The van der Waals surface area contributed by atoms with Crippen molar-refractivity contribution in [3.63, 3.8) is 0 Å². The number of nitrogens with two attached hydrogens (primary N) is 1. The van der Waals surface area contributed by atoms with Gasteiger partial charge in [-0.25, -0.2) is 4.98 Å². The van der Waals surface area contributed by atoms with E-state index < -0.39 is 5.41 Å². The normalized spacial score (nSPS) is 17.7. The van der Waals surface area contributed by atoms with Crippen LogP contribution in [0.3, 0.4) is 0 Å². The molecular formula is C12H19N5O2S. The smallest absolute Gasteiger partial charge is 0.235 e. The second-order valence-electron chi connectivity index (χ2n) is 5.06. The molecule has 0 aliphatic carbocycles. The second kappa shape index (κ2) is 5.84. The highest BCUT2D eigenvalue weighted by Gasteiger charge is 2.44. The van der Waals surface area contributed by atoms with Gasteiger partial charge in [0.15, 0.2) is 5.82 Å². The standard InChI is InChI=1S/C12H19N5O2S/c1-8-14-9(16-15-8)7-17(2)11(18)12(10(13)20)3-5-19-6-4-12/h3-7H2,1-2H3,(H2,13,20)(H,14,15,16). The molecule has 7 nitrogen and oxygen atoms in total. The van der Waals surface area contributed by atoms with Crippen LogP contribution >= 0.6 is 12.2 Å². The number of H-pyrrole nitrogens is 1. The molecule has 2 heterocycles. The fourth-order valence-electron chi connectivity index (χ4n) is 2.39. The van der Waals surface area contributed by atoms with Crippen molar-refractivity contribution < 1.29 is 9.53 Å². The second-order valence-corrected chi connectivity index (χ2v) is 5.50. The average Bonchev–Trinajstić information content (AvgIpc) is 2.83. The van der Waals surface area contributed by atoms with E-state index in [0.29, 0.717) is 38.4 Å². The summed E-state index contributed by atoms with van der Waals surface area (Å²) in [6.45, 7) is 3.13. The Morgan fingerprint density at radius 3 is 2.70 bits per heavy atom. The molecule has 3 N–H and O–H groups in total. The number of rotatable bonds is 4. The zero-order valence-electron chi connectivity index (χ0n) is 11.7. The summed E-state index contributed by atoms with van der Waals surface area (Å²) in [5.41, 5.74) is 5.03. The highest BCUT2D eigenvalue weighted by atomic mass is 32.1. The minimum absolute atomic E-state index is 0.0873. The van der Waals surface area contributed by atoms with Crippen molar-refractivity contribution in [1.82, 2.24) is 20.1 Å². The quantitative estimate of drug-likeness (QED) is 0.768. The number of carbonyl (C=O) groups excluding carboxylic acids is 1. The molecule has 0 bridgehead atoms. The molecule has 1 aromatic heterocycles. The SMILES string of the molecule is Cc1nc(CN(C)C(=O)C2(C(N)=S)CCOCC2)n[nH]1. The summed E-state index contributed by atoms with van der Waals surface area (Å²) in [4.78, 5) is 18.7. The van der Waals surface area contributed by atoms with Crippen LogP contribution < -0.4 is 5.73 Å². The molecule has 1 aliphatic rings. The van der Waals surface area contributed by atoms with Gasteiger partial charge in [-0.2, -0.15) is 5.10 Å². The van der Waals surface area contributed by atoms with Crippen LogP contribution in [0.4, 0.5) is 0 Å². The topological polar surface area (TPSA) is 97.1 Å².